The van der Waals surface area contributed by atoms with Crippen molar-refractivity contribution in [3.05, 3.63) is 12.7 Å². The molecule has 7 heteroatoms. The second kappa shape index (κ2) is 6.83. The van der Waals surface area contributed by atoms with Crippen LogP contribution < -0.4 is 0 Å². The second-order valence-corrected chi connectivity index (χ2v) is 7.28. The molecular formula is C17H27N3O4. The highest BCUT2D eigenvalue weighted by atomic mass is 16.6. The fourth-order valence-corrected chi connectivity index (χ4v) is 3.25. The third-order valence-corrected chi connectivity index (χ3v) is 4.38. The molecule has 2 rings (SSSR count). The van der Waals surface area contributed by atoms with E-state index in [1.807, 2.05) is 27.7 Å². The van der Waals surface area contributed by atoms with E-state index in [4.69, 9.17) is 4.74 Å². The molecule has 24 heavy (non-hydrogen) atoms. The molecule has 0 aromatic rings. The van der Waals surface area contributed by atoms with Crippen LogP contribution >= 0.6 is 0 Å². The third kappa shape index (κ3) is 3.88. The average Bonchev–Trinajstić information content (AvgIpc) is 3.10. The van der Waals surface area contributed by atoms with Crippen LogP contribution in [0.1, 0.15) is 34.1 Å². The summed E-state index contributed by atoms with van der Waals surface area (Å²) in [5.41, 5.74) is -0.527. The molecule has 0 aromatic heterocycles. The number of amides is 3. The smallest absolute Gasteiger partial charge is 0.410 e. The fourth-order valence-electron chi connectivity index (χ4n) is 3.25. The van der Waals surface area contributed by atoms with Gasteiger partial charge in [0.25, 0.3) is 0 Å². The molecule has 2 saturated heterocycles. The maximum Gasteiger partial charge on any atom is 0.410 e. The summed E-state index contributed by atoms with van der Waals surface area (Å²) in [6, 6.07) is 0.00606. The molecule has 2 fully saturated rings. The minimum Gasteiger partial charge on any atom is -0.444 e. The predicted octanol–water partition coefficient (Wildman–Crippen LogP) is 1.24. The Morgan fingerprint density at radius 1 is 1.21 bits per heavy atom. The third-order valence-electron chi connectivity index (χ3n) is 4.38. The molecule has 0 radical (unpaired) electrons. The predicted molar refractivity (Wildman–Crippen MR) is 89.3 cm³/mol. The summed E-state index contributed by atoms with van der Waals surface area (Å²) in [6.07, 6.45) is 1.67. The highest BCUT2D eigenvalue weighted by molar-refractivity contribution is 5.91. The number of carbonyl (C=O) groups is 3. The molecule has 2 heterocycles. The van der Waals surface area contributed by atoms with Crippen molar-refractivity contribution in [1.82, 2.24) is 14.7 Å². The number of ether oxygens (including phenoxy) is 1. The van der Waals surface area contributed by atoms with Gasteiger partial charge in [-0.1, -0.05) is 6.58 Å². The average molecular weight is 337 g/mol. The zero-order chi connectivity index (χ0) is 18.1. The Morgan fingerprint density at radius 3 is 2.25 bits per heavy atom. The van der Waals surface area contributed by atoms with E-state index in [-0.39, 0.29) is 36.5 Å². The number of rotatable bonds is 4. The Morgan fingerprint density at radius 2 is 1.79 bits per heavy atom. The summed E-state index contributed by atoms with van der Waals surface area (Å²) in [5.74, 6) is -0.325. The maximum atomic E-state index is 12.5. The summed E-state index contributed by atoms with van der Waals surface area (Å²) in [4.78, 5) is 41.4. The number of carbonyl (C=O) groups excluding carboxylic acids is 3. The Hall–Kier alpha value is -2.05. The van der Waals surface area contributed by atoms with Gasteiger partial charge >= 0.3 is 6.09 Å². The first-order valence-electron chi connectivity index (χ1n) is 8.36. The quantitative estimate of drug-likeness (QED) is 0.724. The SMILES string of the molecule is C=CC(=O)N(CC)CC(=O)N1C[C@@H]2C[C@H]1CN2C(=O)OC(C)(C)C. The molecule has 0 aromatic carbocycles. The number of hydrogen-bond donors (Lipinski definition) is 0. The van der Waals surface area contributed by atoms with Crippen LogP contribution in [0.5, 0.6) is 0 Å². The van der Waals surface area contributed by atoms with Crippen LogP contribution in [-0.2, 0) is 14.3 Å². The van der Waals surface area contributed by atoms with E-state index in [9.17, 15) is 14.4 Å². The minimum absolute atomic E-state index is 0.000942. The fraction of sp³-hybridized carbons (Fsp3) is 0.706. The topological polar surface area (TPSA) is 70.2 Å². The van der Waals surface area contributed by atoms with E-state index in [2.05, 4.69) is 6.58 Å². The molecule has 7 nitrogen and oxygen atoms in total. The van der Waals surface area contributed by atoms with Crippen molar-refractivity contribution >= 4 is 17.9 Å². The van der Waals surface area contributed by atoms with Crippen LogP contribution in [-0.4, -0.2) is 76.5 Å². The van der Waals surface area contributed by atoms with E-state index in [1.165, 1.54) is 11.0 Å². The van der Waals surface area contributed by atoms with Gasteiger partial charge in [0, 0.05) is 19.6 Å². The molecule has 0 saturated carbocycles. The Bertz CT molecular complexity index is 540. The lowest BCUT2D eigenvalue weighted by atomic mass is 10.2. The van der Waals surface area contributed by atoms with Gasteiger partial charge in [-0.25, -0.2) is 4.79 Å². The first kappa shape index (κ1) is 18.3. The van der Waals surface area contributed by atoms with Gasteiger partial charge < -0.3 is 19.4 Å². The summed E-state index contributed by atoms with van der Waals surface area (Å²) in [6.45, 7) is 12.3. The first-order chi connectivity index (χ1) is 11.2. The Balaban J connectivity index is 1.93. The van der Waals surface area contributed by atoms with Gasteiger partial charge in [0.05, 0.1) is 12.1 Å². The van der Waals surface area contributed by atoms with Crippen LogP contribution in [0.2, 0.25) is 0 Å². The van der Waals surface area contributed by atoms with E-state index in [0.29, 0.717) is 19.6 Å². The molecule has 0 N–H and O–H groups in total. The van der Waals surface area contributed by atoms with Crippen LogP contribution in [0.25, 0.3) is 0 Å². The summed E-state index contributed by atoms with van der Waals surface area (Å²) >= 11 is 0. The van der Waals surface area contributed by atoms with E-state index >= 15 is 0 Å². The van der Waals surface area contributed by atoms with Crippen LogP contribution in [0.15, 0.2) is 12.7 Å². The maximum absolute atomic E-state index is 12.5. The highest BCUT2D eigenvalue weighted by Crippen LogP contribution is 2.32. The van der Waals surface area contributed by atoms with Crippen molar-refractivity contribution in [2.24, 2.45) is 0 Å². The molecule has 0 aliphatic carbocycles. The number of fused-ring (bicyclic) bond motifs is 2. The molecule has 0 spiro atoms. The number of hydrogen-bond acceptors (Lipinski definition) is 4. The van der Waals surface area contributed by atoms with Crippen LogP contribution in [0.4, 0.5) is 4.79 Å². The van der Waals surface area contributed by atoms with Gasteiger partial charge in [-0.2, -0.15) is 0 Å². The summed E-state index contributed by atoms with van der Waals surface area (Å²) in [7, 11) is 0. The van der Waals surface area contributed by atoms with Gasteiger partial charge in [-0.15, -0.1) is 0 Å². The standard InChI is InChI=1S/C17H27N3O4/c1-6-14(21)18(7-2)11-15(22)19-9-13-8-12(19)10-20(13)16(23)24-17(3,4)5/h6,12-13H,1,7-11H2,2-5H3/t12-,13-/m0/s1. The van der Waals surface area contributed by atoms with Gasteiger partial charge in [-0.05, 0) is 40.2 Å². The number of nitrogens with zero attached hydrogens (tertiary/aromatic N) is 3. The molecule has 3 amide bonds. The Labute approximate surface area is 143 Å². The first-order valence-corrected chi connectivity index (χ1v) is 8.36. The molecule has 2 atom stereocenters. The van der Waals surface area contributed by atoms with Crippen molar-refractivity contribution in [1.29, 1.82) is 0 Å². The summed E-state index contributed by atoms with van der Waals surface area (Å²) < 4.78 is 5.42. The zero-order valence-corrected chi connectivity index (χ0v) is 14.9. The number of likely N-dealkylation sites (N-methyl/N-ethyl adjacent to an activating group) is 1. The normalized spacial score (nSPS) is 22.5. The van der Waals surface area contributed by atoms with Gasteiger partial charge in [0.15, 0.2) is 0 Å². The minimum atomic E-state index is -0.527. The lowest BCUT2D eigenvalue weighted by Gasteiger charge is -2.36. The van der Waals surface area contributed by atoms with E-state index in [1.54, 1.807) is 9.80 Å². The number of piperazine rings is 1. The molecule has 2 aliphatic rings. The Kier molecular flexibility index (Phi) is 5.20. The van der Waals surface area contributed by atoms with Crippen molar-refractivity contribution in [3.63, 3.8) is 0 Å². The summed E-state index contributed by atoms with van der Waals surface area (Å²) in [5, 5.41) is 0. The number of likely N-dealkylation sites (tertiary alicyclic amines) is 2. The van der Waals surface area contributed by atoms with Crippen molar-refractivity contribution in [3.8, 4) is 0 Å². The van der Waals surface area contributed by atoms with Crippen LogP contribution in [0, 0.1) is 0 Å². The van der Waals surface area contributed by atoms with Crippen molar-refractivity contribution in [2.45, 2.75) is 51.8 Å². The van der Waals surface area contributed by atoms with Gasteiger partial charge in [-0.3, -0.25) is 9.59 Å². The second-order valence-electron chi connectivity index (χ2n) is 7.28. The van der Waals surface area contributed by atoms with Gasteiger partial charge in [0.2, 0.25) is 11.8 Å². The van der Waals surface area contributed by atoms with Gasteiger partial charge in [0.1, 0.15) is 12.1 Å². The molecule has 134 valence electrons. The zero-order valence-electron chi connectivity index (χ0n) is 14.9. The lowest BCUT2D eigenvalue weighted by Crippen LogP contribution is -2.53. The molecule has 0 unspecified atom stereocenters. The lowest BCUT2D eigenvalue weighted by molar-refractivity contribution is -0.139. The van der Waals surface area contributed by atoms with E-state index in [0.717, 1.165) is 6.42 Å². The van der Waals surface area contributed by atoms with Crippen LogP contribution in [0.3, 0.4) is 0 Å². The molecular weight excluding hydrogens is 310 g/mol. The van der Waals surface area contributed by atoms with Crippen molar-refractivity contribution < 1.29 is 19.1 Å². The monoisotopic (exact) mass is 337 g/mol. The van der Waals surface area contributed by atoms with E-state index < -0.39 is 5.60 Å². The largest absolute Gasteiger partial charge is 0.444 e. The molecule has 2 aliphatic heterocycles. The highest BCUT2D eigenvalue weighted by Gasteiger charge is 2.48. The van der Waals surface area contributed by atoms with Crippen molar-refractivity contribution in [2.75, 3.05) is 26.2 Å². The molecule has 2 bridgehead atoms.